The molecule has 0 aromatic heterocycles. The zero-order chi connectivity index (χ0) is 7.56. The number of ether oxygens (including phenoxy) is 1. The van der Waals surface area contributed by atoms with Crippen molar-refractivity contribution in [1.29, 1.82) is 0 Å². The van der Waals surface area contributed by atoms with Crippen LogP contribution in [0.2, 0.25) is 0 Å². The topological polar surface area (TPSA) is 9.23 Å². The lowest BCUT2D eigenvalue weighted by molar-refractivity contribution is 0.280. The molecule has 0 fully saturated rings. The van der Waals surface area contributed by atoms with E-state index in [9.17, 15) is 8.78 Å². The second kappa shape index (κ2) is 2.82. The summed E-state index contributed by atoms with van der Waals surface area (Å²) in [7, 11) is 1.32. The van der Waals surface area contributed by atoms with E-state index in [0.29, 0.717) is 0 Å². The number of hydrogen-bond acceptors (Lipinski definition) is 1. The molecule has 1 rings (SSSR count). The molecule has 0 radical (unpaired) electrons. The largest absolute Gasteiger partial charge is 0.494 e. The maximum Gasteiger partial charge on any atom is 0.152 e. The van der Waals surface area contributed by atoms with Gasteiger partial charge in [-0.05, 0) is 0 Å². The molecule has 0 heterocycles. The first kappa shape index (κ1) is 7.25. The van der Waals surface area contributed by atoms with Crippen LogP contribution in [-0.2, 0) is 4.74 Å². The third kappa shape index (κ3) is 1.35. The Morgan fingerprint density at radius 3 is 2.60 bits per heavy atom. The highest BCUT2D eigenvalue weighted by Crippen LogP contribution is 2.25. The third-order valence-electron chi connectivity index (χ3n) is 1.36. The molecule has 0 bridgehead atoms. The van der Waals surface area contributed by atoms with Crippen LogP contribution in [0.4, 0.5) is 8.78 Å². The molecule has 10 heavy (non-hydrogen) atoms. The monoisotopic (exact) mass is 146 g/mol. The molecule has 56 valence electrons. The van der Waals surface area contributed by atoms with E-state index in [1.165, 1.54) is 7.11 Å². The van der Waals surface area contributed by atoms with Crippen LogP contribution >= 0.6 is 0 Å². The maximum atomic E-state index is 12.6. The Kier molecular flexibility index (Phi) is 2.04. The summed E-state index contributed by atoms with van der Waals surface area (Å²) < 4.78 is 29.5. The van der Waals surface area contributed by atoms with Crippen molar-refractivity contribution in [2.24, 2.45) is 0 Å². The van der Waals surface area contributed by atoms with Crippen LogP contribution in [0.15, 0.2) is 23.5 Å². The highest BCUT2D eigenvalue weighted by atomic mass is 19.1. The maximum absolute atomic E-state index is 12.6. The first-order chi connectivity index (χ1) is 4.74. The Labute approximate surface area is 58.0 Å². The van der Waals surface area contributed by atoms with Gasteiger partial charge >= 0.3 is 0 Å². The fourth-order valence-electron chi connectivity index (χ4n) is 0.815. The number of methoxy groups -OCH3 is 1. The lowest BCUT2D eigenvalue weighted by atomic mass is 10.1. The van der Waals surface area contributed by atoms with Gasteiger partial charge in [0.1, 0.15) is 11.7 Å². The zero-order valence-electron chi connectivity index (χ0n) is 5.66. The molecular formula is C7H8F2O. The molecule has 1 aliphatic carbocycles. The van der Waals surface area contributed by atoms with Gasteiger partial charge in [0.2, 0.25) is 0 Å². The predicted molar refractivity (Wildman–Crippen MR) is 33.6 cm³/mol. The van der Waals surface area contributed by atoms with E-state index in [4.69, 9.17) is 0 Å². The van der Waals surface area contributed by atoms with Gasteiger partial charge in [-0.1, -0.05) is 0 Å². The zero-order valence-corrected chi connectivity index (χ0v) is 5.66. The van der Waals surface area contributed by atoms with Gasteiger partial charge in [0.15, 0.2) is 5.76 Å². The van der Waals surface area contributed by atoms with E-state index in [-0.39, 0.29) is 30.3 Å². The van der Waals surface area contributed by atoms with Gasteiger partial charge in [0, 0.05) is 18.9 Å². The highest BCUT2D eigenvalue weighted by molar-refractivity contribution is 5.23. The van der Waals surface area contributed by atoms with Gasteiger partial charge in [-0.15, -0.1) is 0 Å². The van der Waals surface area contributed by atoms with Gasteiger partial charge in [0.25, 0.3) is 0 Å². The summed E-state index contributed by atoms with van der Waals surface area (Å²) in [4.78, 5) is 0. The Morgan fingerprint density at radius 2 is 2.10 bits per heavy atom. The van der Waals surface area contributed by atoms with E-state index >= 15 is 0 Å². The van der Waals surface area contributed by atoms with Crippen LogP contribution < -0.4 is 0 Å². The molecule has 0 aromatic rings. The predicted octanol–water partition coefficient (Wildman–Crippen LogP) is 2.46. The van der Waals surface area contributed by atoms with Crippen molar-refractivity contribution in [3.8, 4) is 0 Å². The van der Waals surface area contributed by atoms with E-state index < -0.39 is 0 Å². The molecule has 3 heteroatoms. The molecule has 0 amide bonds. The average molecular weight is 146 g/mol. The Hall–Kier alpha value is -0.860. The van der Waals surface area contributed by atoms with Crippen molar-refractivity contribution in [3.05, 3.63) is 23.5 Å². The molecule has 0 atom stereocenters. The molecule has 0 saturated heterocycles. The molecule has 0 saturated carbocycles. The van der Waals surface area contributed by atoms with Gasteiger partial charge in [-0.2, -0.15) is 0 Å². The Morgan fingerprint density at radius 1 is 1.40 bits per heavy atom. The van der Waals surface area contributed by atoms with Crippen molar-refractivity contribution in [2.75, 3.05) is 7.11 Å². The van der Waals surface area contributed by atoms with E-state index in [1.807, 2.05) is 0 Å². The van der Waals surface area contributed by atoms with E-state index in [2.05, 4.69) is 4.74 Å². The molecule has 0 N–H and O–H groups in total. The summed E-state index contributed by atoms with van der Waals surface area (Å²) in [6.45, 7) is 0. The highest BCUT2D eigenvalue weighted by Gasteiger charge is 2.12. The number of rotatable bonds is 1. The van der Waals surface area contributed by atoms with Crippen LogP contribution in [0.3, 0.4) is 0 Å². The lowest BCUT2D eigenvalue weighted by Gasteiger charge is -2.08. The van der Waals surface area contributed by atoms with Crippen molar-refractivity contribution in [1.82, 2.24) is 0 Å². The second-order valence-electron chi connectivity index (χ2n) is 2.06. The SMILES string of the molecule is COC1=C(F)CCC(F)=C1. The van der Waals surface area contributed by atoms with Crippen LogP contribution in [-0.4, -0.2) is 7.11 Å². The summed E-state index contributed by atoms with van der Waals surface area (Å²) in [5, 5.41) is 0. The quantitative estimate of drug-likeness (QED) is 0.552. The van der Waals surface area contributed by atoms with Crippen molar-refractivity contribution in [2.45, 2.75) is 12.8 Å². The standard InChI is InChI=1S/C7H8F2O/c1-10-7-4-5(8)2-3-6(7)9/h4H,2-3H2,1H3. The summed E-state index contributed by atoms with van der Waals surface area (Å²) >= 11 is 0. The summed E-state index contributed by atoms with van der Waals surface area (Å²) in [6, 6.07) is 0. The Balaban J connectivity index is 2.82. The Bertz CT molecular complexity index is 194. The fraction of sp³-hybridized carbons (Fsp3) is 0.429. The van der Waals surface area contributed by atoms with Gasteiger partial charge in [-0.3, -0.25) is 0 Å². The minimum atomic E-state index is -0.371. The summed E-state index contributed by atoms with van der Waals surface area (Å²) in [5.74, 6) is -0.675. The molecule has 0 aromatic carbocycles. The van der Waals surface area contributed by atoms with Crippen molar-refractivity contribution in [3.63, 3.8) is 0 Å². The molecule has 0 unspecified atom stereocenters. The first-order valence-electron chi connectivity index (χ1n) is 3.02. The van der Waals surface area contributed by atoms with Crippen LogP contribution in [0.25, 0.3) is 0 Å². The molecule has 1 nitrogen and oxygen atoms in total. The smallest absolute Gasteiger partial charge is 0.152 e. The van der Waals surface area contributed by atoms with E-state index in [1.54, 1.807) is 0 Å². The lowest BCUT2D eigenvalue weighted by Crippen LogP contribution is -1.95. The third-order valence-corrected chi connectivity index (χ3v) is 1.36. The molecule has 0 aliphatic heterocycles. The second-order valence-corrected chi connectivity index (χ2v) is 2.06. The summed E-state index contributed by atoms with van der Waals surface area (Å²) in [5.41, 5.74) is 0. The number of halogens is 2. The fourth-order valence-corrected chi connectivity index (χ4v) is 0.815. The number of hydrogen-bond donors (Lipinski definition) is 0. The van der Waals surface area contributed by atoms with Gasteiger partial charge in [-0.25, -0.2) is 8.78 Å². The first-order valence-corrected chi connectivity index (χ1v) is 3.02. The van der Waals surface area contributed by atoms with Gasteiger partial charge in [0.05, 0.1) is 7.11 Å². The summed E-state index contributed by atoms with van der Waals surface area (Å²) in [6.07, 6.45) is 1.35. The van der Waals surface area contributed by atoms with Crippen LogP contribution in [0.1, 0.15) is 12.8 Å². The molecule has 0 spiro atoms. The molecular weight excluding hydrogens is 138 g/mol. The minimum Gasteiger partial charge on any atom is -0.494 e. The number of allylic oxidation sites excluding steroid dienone is 3. The van der Waals surface area contributed by atoms with Crippen LogP contribution in [0.5, 0.6) is 0 Å². The molecule has 1 aliphatic rings. The van der Waals surface area contributed by atoms with E-state index in [0.717, 1.165) is 6.08 Å². The normalized spacial score (nSPS) is 18.9. The van der Waals surface area contributed by atoms with Crippen molar-refractivity contribution >= 4 is 0 Å². The van der Waals surface area contributed by atoms with Crippen molar-refractivity contribution < 1.29 is 13.5 Å². The minimum absolute atomic E-state index is 0.0174. The van der Waals surface area contributed by atoms with Crippen LogP contribution in [0, 0.1) is 0 Å². The average Bonchev–Trinajstić information content (AvgIpc) is 1.94. The van der Waals surface area contributed by atoms with Gasteiger partial charge < -0.3 is 4.74 Å².